The molecular weight excluding hydrogens is 432 g/mol. The monoisotopic (exact) mass is 476 g/mol. The molecule has 1 aliphatic rings. The highest BCUT2D eigenvalue weighted by Crippen LogP contribution is 2.24. The summed E-state index contributed by atoms with van der Waals surface area (Å²) >= 11 is 1.77. The molecular formula is C26H44N4O2S. The maximum atomic E-state index is 13.6. The highest BCUT2D eigenvalue weighted by Gasteiger charge is 2.25. The van der Waals surface area contributed by atoms with E-state index >= 15 is 0 Å². The summed E-state index contributed by atoms with van der Waals surface area (Å²) in [6.07, 6.45) is 7.31. The van der Waals surface area contributed by atoms with Crippen LogP contribution < -0.4 is 16.0 Å². The zero-order valence-electron chi connectivity index (χ0n) is 21.5. The first kappa shape index (κ1) is 29.1. The van der Waals surface area contributed by atoms with E-state index in [4.69, 9.17) is 0 Å². The van der Waals surface area contributed by atoms with Crippen molar-refractivity contribution in [1.82, 2.24) is 20.9 Å². The van der Waals surface area contributed by atoms with Gasteiger partial charge in [0, 0.05) is 50.4 Å². The summed E-state index contributed by atoms with van der Waals surface area (Å²) in [4.78, 5) is 27.9. The Hall–Kier alpha value is -1.91. The van der Waals surface area contributed by atoms with Crippen molar-refractivity contribution in [1.29, 1.82) is 0 Å². The Morgan fingerprint density at radius 2 is 1.91 bits per heavy atom. The molecule has 1 aliphatic heterocycles. The molecule has 1 heterocycles. The summed E-state index contributed by atoms with van der Waals surface area (Å²) in [7, 11) is 0. The zero-order chi connectivity index (χ0) is 24.6. The minimum Gasteiger partial charge on any atom is -0.338 e. The van der Waals surface area contributed by atoms with E-state index in [0.29, 0.717) is 25.6 Å². The number of urea groups is 1. The van der Waals surface area contributed by atoms with Crippen LogP contribution >= 0.6 is 11.8 Å². The van der Waals surface area contributed by atoms with E-state index in [1.807, 2.05) is 24.8 Å². The molecule has 1 fully saturated rings. The van der Waals surface area contributed by atoms with E-state index in [1.165, 1.54) is 0 Å². The fourth-order valence-electron chi connectivity index (χ4n) is 3.65. The first-order valence-electron chi connectivity index (χ1n) is 12.3. The number of carbonyl (C=O) groups is 2. The topological polar surface area (TPSA) is 73.5 Å². The minimum absolute atomic E-state index is 0.0596. The van der Waals surface area contributed by atoms with Gasteiger partial charge in [-0.1, -0.05) is 33.6 Å². The van der Waals surface area contributed by atoms with Gasteiger partial charge in [-0.25, -0.2) is 4.79 Å². The summed E-state index contributed by atoms with van der Waals surface area (Å²) in [5, 5.41) is 9.23. The standard InChI is InChI=1S/C26H44N4O2S/c1-7-9-11-22(8-2)24(25(31)30-15-13-27-14-16-30)19-23(18-20(3)4)21(5)29-26(32)28-12-10-17-33-6/h19-20,22,27H,7-8,10,12-18H2,1-6H3,(H2,28,29,32)/b23-21+,24-19+. The fourth-order valence-corrected chi connectivity index (χ4v) is 4.08. The van der Waals surface area contributed by atoms with Crippen molar-refractivity contribution in [3.8, 4) is 11.8 Å². The number of carbonyl (C=O) groups excluding carboxylic acids is 2. The average molecular weight is 477 g/mol. The van der Waals surface area contributed by atoms with E-state index in [-0.39, 0.29) is 17.9 Å². The van der Waals surface area contributed by atoms with Crippen molar-refractivity contribution in [3.05, 3.63) is 22.9 Å². The van der Waals surface area contributed by atoms with E-state index in [0.717, 1.165) is 61.4 Å². The quantitative estimate of drug-likeness (QED) is 0.181. The summed E-state index contributed by atoms with van der Waals surface area (Å²) in [6.45, 7) is 14.0. The van der Waals surface area contributed by atoms with E-state index < -0.39 is 0 Å². The lowest BCUT2D eigenvalue weighted by molar-refractivity contribution is -0.128. The van der Waals surface area contributed by atoms with E-state index in [9.17, 15) is 9.59 Å². The van der Waals surface area contributed by atoms with Crippen LogP contribution in [0.15, 0.2) is 22.9 Å². The molecule has 7 heteroatoms. The predicted octanol–water partition coefficient (Wildman–Crippen LogP) is 4.16. The lowest BCUT2D eigenvalue weighted by Gasteiger charge is -2.30. The molecule has 3 amide bonds. The van der Waals surface area contributed by atoms with Crippen LogP contribution in [-0.4, -0.2) is 61.6 Å². The number of thioether (sulfide) groups is 1. The highest BCUT2D eigenvalue weighted by atomic mass is 32.2. The van der Waals surface area contributed by atoms with Gasteiger partial charge in [0.2, 0.25) is 0 Å². The number of allylic oxidation sites excluding steroid dienone is 3. The lowest BCUT2D eigenvalue weighted by atomic mass is 9.90. The van der Waals surface area contributed by atoms with Crippen LogP contribution in [0.5, 0.6) is 0 Å². The maximum Gasteiger partial charge on any atom is 0.318 e. The third kappa shape index (κ3) is 11.2. The van der Waals surface area contributed by atoms with Gasteiger partial charge in [0.25, 0.3) is 5.91 Å². The first-order valence-corrected chi connectivity index (χ1v) is 13.7. The van der Waals surface area contributed by atoms with Gasteiger partial charge in [0.05, 0.1) is 5.92 Å². The van der Waals surface area contributed by atoms with Crippen molar-refractivity contribution in [2.75, 3.05) is 44.7 Å². The number of rotatable bonds is 11. The SMILES string of the molecule is CCC#CC(CC)/C(=C\C(CC(C)C)=C(/C)NC(=O)NCCCSC)C(=O)N1CCNCC1. The summed E-state index contributed by atoms with van der Waals surface area (Å²) in [5.41, 5.74) is 2.51. The number of hydrogen-bond donors (Lipinski definition) is 3. The van der Waals surface area contributed by atoms with E-state index in [1.54, 1.807) is 11.8 Å². The van der Waals surface area contributed by atoms with Crippen molar-refractivity contribution in [2.45, 2.75) is 60.3 Å². The summed E-state index contributed by atoms with van der Waals surface area (Å²) < 4.78 is 0. The van der Waals surface area contributed by atoms with Crippen LogP contribution in [0.3, 0.4) is 0 Å². The average Bonchev–Trinajstić information content (AvgIpc) is 2.80. The Bertz CT molecular complexity index is 743. The number of piperazine rings is 1. The Morgan fingerprint density at radius 1 is 1.21 bits per heavy atom. The normalized spacial score (nSPS) is 16.0. The Kier molecular flexibility index (Phi) is 14.7. The van der Waals surface area contributed by atoms with Gasteiger partial charge in [0.1, 0.15) is 0 Å². The molecule has 0 bridgehead atoms. The molecule has 6 nitrogen and oxygen atoms in total. The highest BCUT2D eigenvalue weighted by molar-refractivity contribution is 7.98. The third-order valence-corrected chi connectivity index (χ3v) is 6.14. The van der Waals surface area contributed by atoms with Crippen molar-refractivity contribution in [3.63, 3.8) is 0 Å². The zero-order valence-corrected chi connectivity index (χ0v) is 22.3. The molecule has 3 N–H and O–H groups in total. The van der Waals surface area contributed by atoms with Crippen LogP contribution in [0.1, 0.15) is 60.3 Å². The maximum absolute atomic E-state index is 13.6. The van der Waals surface area contributed by atoms with Crippen LogP contribution in [-0.2, 0) is 4.79 Å². The molecule has 0 spiro atoms. The molecule has 0 aromatic carbocycles. The second kappa shape index (κ2) is 16.7. The number of hydrogen-bond acceptors (Lipinski definition) is 4. The van der Waals surface area contributed by atoms with E-state index in [2.05, 4.69) is 54.8 Å². The molecule has 1 unspecified atom stereocenters. The van der Waals surface area contributed by atoms with Crippen LogP contribution in [0.2, 0.25) is 0 Å². The number of nitrogens with one attached hydrogen (secondary N) is 3. The molecule has 1 atom stereocenters. The largest absolute Gasteiger partial charge is 0.338 e. The second-order valence-corrected chi connectivity index (χ2v) is 9.74. The van der Waals surface area contributed by atoms with Gasteiger partial charge in [0.15, 0.2) is 0 Å². The first-order chi connectivity index (χ1) is 15.8. The Labute approximate surface area is 205 Å². The van der Waals surface area contributed by atoms with Gasteiger partial charge in [-0.05, 0) is 55.8 Å². The smallest absolute Gasteiger partial charge is 0.318 e. The second-order valence-electron chi connectivity index (χ2n) is 8.75. The molecule has 0 radical (unpaired) electrons. The molecule has 0 aromatic rings. The van der Waals surface area contributed by atoms with Crippen molar-refractivity contribution >= 4 is 23.7 Å². The van der Waals surface area contributed by atoms with Gasteiger partial charge < -0.3 is 20.9 Å². The Balaban J connectivity index is 3.27. The molecule has 33 heavy (non-hydrogen) atoms. The summed E-state index contributed by atoms with van der Waals surface area (Å²) in [6, 6.07) is -0.198. The predicted molar refractivity (Wildman–Crippen MR) is 141 cm³/mol. The third-order valence-electron chi connectivity index (χ3n) is 5.44. The summed E-state index contributed by atoms with van der Waals surface area (Å²) in [5.74, 6) is 7.83. The molecule has 1 rings (SSSR count). The molecule has 0 aliphatic carbocycles. The van der Waals surface area contributed by atoms with Crippen molar-refractivity contribution < 1.29 is 9.59 Å². The molecule has 1 saturated heterocycles. The van der Waals surface area contributed by atoms with Crippen LogP contribution in [0.25, 0.3) is 0 Å². The van der Waals surface area contributed by atoms with Crippen molar-refractivity contribution in [2.24, 2.45) is 11.8 Å². The minimum atomic E-state index is -0.198. The van der Waals surface area contributed by atoms with Gasteiger partial charge in [-0.15, -0.1) is 5.92 Å². The van der Waals surface area contributed by atoms with Gasteiger partial charge >= 0.3 is 6.03 Å². The lowest BCUT2D eigenvalue weighted by Crippen LogP contribution is -2.47. The number of amides is 3. The van der Waals surface area contributed by atoms with Gasteiger partial charge in [-0.2, -0.15) is 11.8 Å². The van der Waals surface area contributed by atoms with Gasteiger partial charge in [-0.3, -0.25) is 4.79 Å². The Morgan fingerprint density at radius 3 is 2.48 bits per heavy atom. The number of nitrogens with zero attached hydrogens (tertiary/aromatic N) is 1. The van der Waals surface area contributed by atoms with Crippen LogP contribution in [0.4, 0.5) is 4.79 Å². The molecule has 0 saturated carbocycles. The fraction of sp³-hybridized carbons (Fsp3) is 0.692. The van der Waals surface area contributed by atoms with Crippen LogP contribution in [0, 0.1) is 23.7 Å². The molecule has 0 aromatic heterocycles. The molecule has 186 valence electrons.